The first-order valence-electron chi connectivity index (χ1n) is 10.9. The van der Waals surface area contributed by atoms with Crippen molar-refractivity contribution in [1.29, 1.82) is 0 Å². The number of halogens is 2. The van der Waals surface area contributed by atoms with E-state index in [9.17, 15) is 0 Å². The number of hydrogen-bond donors (Lipinski definition) is 0. The third kappa shape index (κ3) is 10.2. The molecule has 0 heterocycles. The van der Waals surface area contributed by atoms with Crippen LogP contribution in [0.3, 0.4) is 0 Å². The van der Waals surface area contributed by atoms with Crippen LogP contribution in [0.1, 0.15) is 0 Å². The van der Waals surface area contributed by atoms with E-state index >= 15 is 0 Å². The fraction of sp³-hybridized carbons (Fsp3) is 0. The molecule has 0 saturated heterocycles. The van der Waals surface area contributed by atoms with Crippen molar-refractivity contribution in [2.24, 2.45) is 0 Å². The van der Waals surface area contributed by atoms with Gasteiger partial charge < -0.3 is 0 Å². The third-order valence-electron chi connectivity index (χ3n) is 4.81. The number of benzene rings is 5. The van der Waals surface area contributed by atoms with Crippen molar-refractivity contribution >= 4 is 71.0 Å². The SMILES string of the molecule is [Cl][Pt][Cl].c1ccc([As](c2ccccc2)c2ccccc2)cc1.c1ccc([As]c2ccccc2)cc1. The Balaban J connectivity index is 0.000000186. The van der Waals surface area contributed by atoms with Gasteiger partial charge in [-0.15, -0.1) is 0 Å². The van der Waals surface area contributed by atoms with Crippen molar-refractivity contribution in [1.82, 2.24) is 0 Å². The molecule has 0 atom stereocenters. The van der Waals surface area contributed by atoms with E-state index in [2.05, 4.69) is 152 Å². The third-order valence-corrected chi connectivity index (χ3v) is 12.3. The van der Waals surface area contributed by atoms with Crippen LogP contribution in [0.4, 0.5) is 0 Å². The summed E-state index contributed by atoms with van der Waals surface area (Å²) in [4.78, 5) is 0. The maximum absolute atomic E-state index is 4.88. The van der Waals surface area contributed by atoms with Crippen LogP contribution in [-0.2, 0) is 16.5 Å². The van der Waals surface area contributed by atoms with E-state index in [1.807, 2.05) is 0 Å². The Morgan fingerprint density at radius 2 is 0.629 bits per heavy atom. The summed E-state index contributed by atoms with van der Waals surface area (Å²) in [7, 11) is 9.75. The van der Waals surface area contributed by atoms with Crippen LogP contribution in [0.15, 0.2) is 152 Å². The molecular formula is C30H25As2Cl2Pt. The van der Waals surface area contributed by atoms with E-state index in [0.29, 0.717) is 0 Å². The Labute approximate surface area is 237 Å². The molecule has 0 spiro atoms. The summed E-state index contributed by atoms with van der Waals surface area (Å²) in [6.45, 7) is 0. The Kier molecular flexibility index (Phi) is 13.7. The zero-order valence-corrected chi connectivity index (χ0v) is 26.4. The zero-order chi connectivity index (χ0) is 24.6. The quantitative estimate of drug-likeness (QED) is 0.222. The molecular weight excluding hydrogens is 776 g/mol. The summed E-state index contributed by atoms with van der Waals surface area (Å²) in [6.07, 6.45) is 0. The average molecular weight is 801 g/mol. The summed E-state index contributed by atoms with van der Waals surface area (Å²) in [5, 5.41) is 0. The molecule has 5 aromatic carbocycles. The van der Waals surface area contributed by atoms with E-state index in [1.165, 1.54) is 21.8 Å². The van der Waals surface area contributed by atoms with Crippen molar-refractivity contribution in [3.63, 3.8) is 0 Å². The van der Waals surface area contributed by atoms with Gasteiger partial charge in [0.2, 0.25) is 0 Å². The maximum atomic E-state index is 4.88. The average Bonchev–Trinajstić information content (AvgIpc) is 2.93. The molecule has 35 heavy (non-hydrogen) atoms. The van der Waals surface area contributed by atoms with Crippen molar-refractivity contribution < 1.29 is 16.5 Å². The molecule has 0 aliphatic rings. The molecule has 0 bridgehead atoms. The van der Waals surface area contributed by atoms with Crippen molar-refractivity contribution in [2.75, 3.05) is 0 Å². The fourth-order valence-electron chi connectivity index (χ4n) is 3.33. The minimum absolute atomic E-state index is 0.177. The van der Waals surface area contributed by atoms with Crippen LogP contribution < -0.4 is 21.8 Å². The van der Waals surface area contributed by atoms with E-state index in [4.69, 9.17) is 18.8 Å². The normalized spacial score (nSPS) is 10.0. The summed E-state index contributed by atoms with van der Waals surface area (Å²) in [5.74, 6) is 0. The molecule has 5 aromatic rings. The van der Waals surface area contributed by atoms with Gasteiger partial charge in [0.15, 0.2) is 0 Å². The molecule has 0 aromatic heterocycles. The molecule has 0 unspecified atom stereocenters. The van der Waals surface area contributed by atoms with Crippen LogP contribution in [0.2, 0.25) is 0 Å². The van der Waals surface area contributed by atoms with E-state index < -0.39 is 31.1 Å². The van der Waals surface area contributed by atoms with Crippen LogP contribution in [0.25, 0.3) is 0 Å². The van der Waals surface area contributed by atoms with Crippen LogP contribution in [0.5, 0.6) is 0 Å². The predicted molar refractivity (Wildman–Crippen MR) is 154 cm³/mol. The van der Waals surface area contributed by atoms with Gasteiger partial charge in [-0.05, 0) is 0 Å². The first-order valence-corrected chi connectivity index (χ1v) is 21.2. The van der Waals surface area contributed by atoms with E-state index in [-0.39, 0.29) is 15.8 Å². The molecule has 5 rings (SSSR count). The van der Waals surface area contributed by atoms with Gasteiger partial charge in [0.05, 0.1) is 0 Å². The summed E-state index contributed by atoms with van der Waals surface area (Å²) in [5.41, 5.74) is 0. The Morgan fingerprint density at radius 1 is 0.400 bits per heavy atom. The molecule has 0 nitrogen and oxygen atoms in total. The predicted octanol–water partition coefficient (Wildman–Crippen LogP) is 4.92. The van der Waals surface area contributed by atoms with Crippen molar-refractivity contribution in [2.45, 2.75) is 0 Å². The second kappa shape index (κ2) is 17.0. The molecule has 5 heteroatoms. The second-order valence-corrected chi connectivity index (χ2v) is 17.7. The molecule has 0 aliphatic heterocycles. The Bertz CT molecular complexity index is 1060. The van der Waals surface area contributed by atoms with Gasteiger partial charge in [0, 0.05) is 0 Å². The summed E-state index contributed by atoms with van der Waals surface area (Å²) >= 11 is -1.69. The molecule has 0 aliphatic carbocycles. The zero-order valence-electron chi connectivity index (χ0n) is 18.9. The minimum atomic E-state index is -1.39. The van der Waals surface area contributed by atoms with Gasteiger partial charge in [-0.3, -0.25) is 0 Å². The van der Waals surface area contributed by atoms with E-state index in [1.54, 1.807) is 0 Å². The van der Waals surface area contributed by atoms with Gasteiger partial charge in [-0.2, -0.15) is 0 Å². The summed E-state index contributed by atoms with van der Waals surface area (Å²) < 4.78 is 7.36. The van der Waals surface area contributed by atoms with Crippen molar-refractivity contribution in [3.8, 4) is 0 Å². The molecule has 0 N–H and O–H groups in total. The van der Waals surface area contributed by atoms with Gasteiger partial charge in [-0.1, -0.05) is 0 Å². The van der Waals surface area contributed by atoms with Crippen molar-refractivity contribution in [3.05, 3.63) is 152 Å². The monoisotopic (exact) mass is 800 g/mol. The standard InChI is InChI=1S/C18H15As.C12H10As.2ClH.Pt/c1-4-10-16(11-5-1)19(17-12-6-2-7-13-17)18-14-8-3-9-15-18;1-3-7-11(8-4-1)13-12-9-5-2-6-10-12;;;/h1-15H;1-10H;2*1H;/q;;;;+2/p-2. The van der Waals surface area contributed by atoms with E-state index in [0.717, 1.165) is 0 Å². The Morgan fingerprint density at radius 3 is 0.886 bits per heavy atom. The summed E-state index contributed by atoms with van der Waals surface area (Å²) in [6, 6.07) is 54.1. The number of rotatable bonds is 5. The molecule has 0 fully saturated rings. The van der Waals surface area contributed by atoms with Gasteiger partial charge >= 0.3 is 239 Å². The van der Waals surface area contributed by atoms with Gasteiger partial charge in [0.25, 0.3) is 0 Å². The Hall–Kier alpha value is -1.51. The molecule has 179 valence electrons. The van der Waals surface area contributed by atoms with Gasteiger partial charge in [0.1, 0.15) is 0 Å². The topological polar surface area (TPSA) is 0 Å². The van der Waals surface area contributed by atoms with Gasteiger partial charge in [-0.25, -0.2) is 0 Å². The number of hydrogen-bond acceptors (Lipinski definition) is 0. The first-order chi connectivity index (χ1) is 17.3. The fourth-order valence-corrected chi connectivity index (χ4v) is 10.1. The molecule has 1 radical (unpaired) electrons. The van der Waals surface area contributed by atoms with Crippen LogP contribution in [-0.4, -0.2) is 30.4 Å². The molecule has 0 saturated carbocycles. The first kappa shape index (κ1) is 28.1. The van der Waals surface area contributed by atoms with Crippen LogP contribution in [0, 0.1) is 0 Å². The second-order valence-electron chi connectivity index (χ2n) is 7.17. The van der Waals surface area contributed by atoms with Crippen LogP contribution >= 0.6 is 18.8 Å². The molecule has 0 amide bonds.